The summed E-state index contributed by atoms with van der Waals surface area (Å²) in [5, 5.41) is 9.40. The highest BCUT2D eigenvalue weighted by molar-refractivity contribution is 7.09. The van der Waals surface area contributed by atoms with E-state index in [1.54, 1.807) is 22.2 Å². The topological polar surface area (TPSA) is 53.4 Å². The number of piperazine rings is 1. The summed E-state index contributed by atoms with van der Waals surface area (Å²) in [5.41, 5.74) is 0.918. The number of hydrogen-bond donors (Lipinski definition) is 1. The fourth-order valence-corrected chi connectivity index (χ4v) is 3.70. The number of rotatable bonds is 5. The molecule has 2 aromatic heterocycles. The molecule has 9 heteroatoms. The van der Waals surface area contributed by atoms with Crippen LogP contribution < -0.4 is 5.32 Å². The third-order valence-electron chi connectivity index (χ3n) is 4.24. The third-order valence-corrected chi connectivity index (χ3v) is 5.10. The summed E-state index contributed by atoms with van der Waals surface area (Å²) < 4.78 is 1.73. The number of carbonyl (C=O) groups excluding carboxylic acids is 1. The SMILES string of the molecule is CNC(C(=O)N1CCN(Cc2cccs2)CC1)c1cnn(C)c1.Cl.Cl. The van der Waals surface area contributed by atoms with E-state index in [-0.39, 0.29) is 36.8 Å². The molecular weight excluding hydrogens is 381 g/mol. The Morgan fingerprint density at radius 2 is 2.04 bits per heavy atom. The Bertz CT molecular complexity index is 641. The van der Waals surface area contributed by atoms with Crippen molar-refractivity contribution in [2.45, 2.75) is 12.6 Å². The maximum absolute atomic E-state index is 12.8. The van der Waals surface area contributed by atoms with Gasteiger partial charge < -0.3 is 10.2 Å². The molecule has 0 aromatic carbocycles. The first kappa shape index (κ1) is 21.9. The molecule has 0 radical (unpaired) electrons. The molecular formula is C16H25Cl2N5OS. The van der Waals surface area contributed by atoms with Crippen LogP contribution in [-0.2, 0) is 18.4 Å². The smallest absolute Gasteiger partial charge is 0.244 e. The van der Waals surface area contributed by atoms with Crippen molar-refractivity contribution in [3.05, 3.63) is 40.3 Å². The highest BCUT2D eigenvalue weighted by atomic mass is 35.5. The standard InChI is InChI=1S/C16H23N5OS.2ClH/c1-17-15(13-10-18-19(2)11-13)16(22)21-7-5-20(6-8-21)12-14-4-3-9-23-14;;/h3-4,9-11,15,17H,5-8,12H2,1-2H3;2*1H. The molecule has 3 heterocycles. The first-order valence-corrected chi connectivity index (χ1v) is 8.74. The average molecular weight is 406 g/mol. The van der Waals surface area contributed by atoms with Gasteiger partial charge in [-0.25, -0.2) is 0 Å². The van der Waals surface area contributed by atoms with Crippen molar-refractivity contribution in [2.24, 2.45) is 7.05 Å². The molecule has 0 aliphatic carbocycles. The quantitative estimate of drug-likeness (QED) is 0.825. The Balaban J connectivity index is 0.00000156. The molecule has 1 fully saturated rings. The van der Waals surface area contributed by atoms with Crippen molar-refractivity contribution in [1.29, 1.82) is 0 Å². The van der Waals surface area contributed by atoms with Gasteiger partial charge in [0.1, 0.15) is 6.04 Å². The lowest BCUT2D eigenvalue weighted by Gasteiger charge is -2.36. The highest BCUT2D eigenvalue weighted by Gasteiger charge is 2.28. The van der Waals surface area contributed by atoms with Gasteiger partial charge in [-0.15, -0.1) is 36.2 Å². The Hall–Kier alpha value is -1.12. The van der Waals surface area contributed by atoms with Crippen molar-refractivity contribution in [2.75, 3.05) is 33.2 Å². The number of hydrogen-bond acceptors (Lipinski definition) is 5. The highest BCUT2D eigenvalue weighted by Crippen LogP contribution is 2.18. The second kappa shape index (κ2) is 10.1. The second-order valence-electron chi connectivity index (χ2n) is 5.85. The van der Waals surface area contributed by atoms with Crippen LogP contribution in [0.5, 0.6) is 0 Å². The van der Waals surface area contributed by atoms with Crippen LogP contribution >= 0.6 is 36.2 Å². The zero-order valence-corrected chi connectivity index (χ0v) is 16.9. The number of carbonyl (C=O) groups is 1. The molecule has 0 spiro atoms. The fourth-order valence-electron chi connectivity index (χ4n) is 2.95. The first-order chi connectivity index (χ1) is 11.2. The van der Waals surface area contributed by atoms with E-state index in [1.807, 2.05) is 25.2 Å². The second-order valence-corrected chi connectivity index (χ2v) is 6.88. The van der Waals surface area contributed by atoms with Crippen molar-refractivity contribution in [3.8, 4) is 0 Å². The van der Waals surface area contributed by atoms with Gasteiger partial charge in [0.2, 0.25) is 5.91 Å². The summed E-state index contributed by atoms with van der Waals surface area (Å²) in [6.07, 6.45) is 3.65. The average Bonchev–Trinajstić information content (AvgIpc) is 3.21. The number of likely N-dealkylation sites (N-methyl/N-ethyl adjacent to an activating group) is 1. The van der Waals surface area contributed by atoms with Crippen molar-refractivity contribution in [1.82, 2.24) is 24.9 Å². The maximum atomic E-state index is 12.8. The van der Waals surface area contributed by atoms with E-state index in [0.29, 0.717) is 0 Å². The molecule has 1 atom stereocenters. The number of nitrogens with one attached hydrogen (secondary N) is 1. The Labute approximate surface area is 165 Å². The minimum atomic E-state index is -0.312. The number of amides is 1. The largest absolute Gasteiger partial charge is 0.338 e. The molecule has 3 rings (SSSR count). The maximum Gasteiger partial charge on any atom is 0.244 e. The Kier molecular flexibility index (Phi) is 8.88. The van der Waals surface area contributed by atoms with Gasteiger partial charge in [0.05, 0.1) is 6.20 Å². The van der Waals surface area contributed by atoms with Crippen LogP contribution in [0.2, 0.25) is 0 Å². The molecule has 25 heavy (non-hydrogen) atoms. The zero-order valence-electron chi connectivity index (χ0n) is 14.4. The van der Waals surface area contributed by atoms with Gasteiger partial charge in [0.25, 0.3) is 0 Å². The summed E-state index contributed by atoms with van der Waals surface area (Å²) in [5.74, 6) is 0.135. The zero-order chi connectivity index (χ0) is 16.2. The van der Waals surface area contributed by atoms with Gasteiger partial charge in [-0.2, -0.15) is 5.10 Å². The van der Waals surface area contributed by atoms with Crippen LogP contribution in [0.3, 0.4) is 0 Å². The fraction of sp³-hybridized carbons (Fsp3) is 0.500. The van der Waals surface area contributed by atoms with Crippen LogP contribution in [0.15, 0.2) is 29.9 Å². The van der Waals surface area contributed by atoms with Gasteiger partial charge in [-0.3, -0.25) is 14.4 Å². The molecule has 1 saturated heterocycles. The predicted octanol–water partition coefficient (Wildman–Crippen LogP) is 1.93. The number of thiophene rings is 1. The molecule has 1 aliphatic rings. The van der Waals surface area contributed by atoms with Gasteiger partial charge in [0.15, 0.2) is 0 Å². The minimum Gasteiger partial charge on any atom is -0.338 e. The normalized spacial score (nSPS) is 16.0. The van der Waals surface area contributed by atoms with E-state index in [4.69, 9.17) is 0 Å². The molecule has 1 unspecified atom stereocenters. The molecule has 1 amide bonds. The first-order valence-electron chi connectivity index (χ1n) is 7.86. The van der Waals surface area contributed by atoms with Crippen LogP contribution in [-0.4, -0.2) is 58.7 Å². The van der Waals surface area contributed by atoms with Gasteiger partial charge in [0, 0.05) is 56.4 Å². The summed E-state index contributed by atoms with van der Waals surface area (Å²) in [6.45, 7) is 4.39. The lowest BCUT2D eigenvalue weighted by molar-refractivity contribution is -0.135. The molecule has 0 saturated carbocycles. The summed E-state index contributed by atoms with van der Waals surface area (Å²) in [4.78, 5) is 18.5. The van der Waals surface area contributed by atoms with E-state index in [2.05, 4.69) is 32.8 Å². The van der Waals surface area contributed by atoms with E-state index in [1.165, 1.54) is 4.88 Å². The van der Waals surface area contributed by atoms with Gasteiger partial charge in [-0.1, -0.05) is 6.07 Å². The predicted molar refractivity (Wildman–Crippen MR) is 106 cm³/mol. The van der Waals surface area contributed by atoms with Gasteiger partial charge in [-0.05, 0) is 18.5 Å². The number of halogens is 2. The summed E-state index contributed by atoms with van der Waals surface area (Å²) in [6, 6.07) is 3.94. The van der Waals surface area contributed by atoms with Crippen LogP contribution in [0.4, 0.5) is 0 Å². The number of aryl methyl sites for hydroxylation is 1. The monoisotopic (exact) mass is 405 g/mol. The molecule has 2 aromatic rings. The Morgan fingerprint density at radius 3 is 2.56 bits per heavy atom. The van der Waals surface area contributed by atoms with Crippen LogP contribution in [0, 0.1) is 0 Å². The van der Waals surface area contributed by atoms with Crippen molar-refractivity contribution in [3.63, 3.8) is 0 Å². The molecule has 1 N–H and O–H groups in total. The van der Waals surface area contributed by atoms with Crippen molar-refractivity contribution < 1.29 is 4.79 Å². The molecule has 1 aliphatic heterocycles. The molecule has 0 bridgehead atoms. The van der Waals surface area contributed by atoms with E-state index in [9.17, 15) is 4.79 Å². The third kappa shape index (κ3) is 5.43. The summed E-state index contributed by atoms with van der Waals surface area (Å²) in [7, 11) is 3.69. The Morgan fingerprint density at radius 1 is 1.32 bits per heavy atom. The summed E-state index contributed by atoms with van der Waals surface area (Å²) >= 11 is 1.79. The van der Waals surface area contributed by atoms with Crippen molar-refractivity contribution >= 4 is 42.1 Å². The number of nitrogens with zero attached hydrogens (tertiary/aromatic N) is 4. The molecule has 140 valence electrons. The van der Waals surface area contributed by atoms with E-state index >= 15 is 0 Å². The van der Waals surface area contributed by atoms with E-state index in [0.717, 1.165) is 38.3 Å². The minimum absolute atomic E-state index is 0. The van der Waals surface area contributed by atoms with Crippen LogP contribution in [0.1, 0.15) is 16.5 Å². The lowest BCUT2D eigenvalue weighted by atomic mass is 10.1. The van der Waals surface area contributed by atoms with E-state index < -0.39 is 0 Å². The van der Waals surface area contributed by atoms with Gasteiger partial charge >= 0.3 is 0 Å². The van der Waals surface area contributed by atoms with Crippen LogP contribution in [0.25, 0.3) is 0 Å². The lowest BCUT2D eigenvalue weighted by Crippen LogP contribution is -2.50. The number of aromatic nitrogens is 2. The molecule has 6 nitrogen and oxygen atoms in total.